The molecule has 0 saturated heterocycles. The number of benzene rings is 2. The van der Waals surface area contributed by atoms with Crippen molar-refractivity contribution in [2.24, 2.45) is 0 Å². The Hall–Kier alpha value is -2.68. The highest BCUT2D eigenvalue weighted by Crippen LogP contribution is 2.46. The van der Waals surface area contributed by atoms with Crippen LogP contribution in [0.25, 0.3) is 0 Å². The Morgan fingerprint density at radius 2 is 1.81 bits per heavy atom. The summed E-state index contributed by atoms with van der Waals surface area (Å²) >= 11 is 6.07. The fraction of sp³-hybridized carbons (Fsp3) is 0.304. The first-order valence-electron chi connectivity index (χ1n) is 9.85. The van der Waals surface area contributed by atoms with Crippen LogP contribution in [0.5, 0.6) is 0 Å². The van der Waals surface area contributed by atoms with Crippen molar-refractivity contribution in [2.45, 2.75) is 24.2 Å². The van der Waals surface area contributed by atoms with Gasteiger partial charge in [0.2, 0.25) is 10.0 Å². The molecule has 7 nitrogen and oxygen atoms in total. The number of hydrogen-bond acceptors (Lipinski definition) is 6. The van der Waals surface area contributed by atoms with Crippen molar-refractivity contribution in [3.8, 4) is 0 Å². The van der Waals surface area contributed by atoms with E-state index in [1.165, 1.54) is 32.3 Å². The molecule has 0 radical (unpaired) electrons. The van der Waals surface area contributed by atoms with Gasteiger partial charge in [-0.25, -0.2) is 17.5 Å². The number of nitrogens with zero attached hydrogens (tertiary/aromatic N) is 2. The molecule has 0 fully saturated rings. The number of para-hydroxylation sites is 1. The second kappa shape index (κ2) is 8.69. The highest BCUT2D eigenvalue weighted by atomic mass is 35.5. The van der Waals surface area contributed by atoms with Crippen LogP contribution in [0.15, 0.2) is 59.1 Å². The van der Waals surface area contributed by atoms with Gasteiger partial charge in [0.25, 0.3) is 0 Å². The Kier molecular flexibility index (Phi) is 6.51. The van der Waals surface area contributed by atoms with E-state index < -0.39 is 28.4 Å². The van der Waals surface area contributed by atoms with E-state index in [0.29, 0.717) is 0 Å². The van der Waals surface area contributed by atoms with Gasteiger partial charge >= 0.3 is 5.97 Å². The molecular weight excluding hydrogens is 452 g/mol. The molecule has 9 heteroatoms. The molecule has 0 aromatic heterocycles. The number of fused-ring (bicyclic) bond motifs is 1. The minimum absolute atomic E-state index is 0.0330. The van der Waals surface area contributed by atoms with E-state index in [2.05, 4.69) is 0 Å². The van der Waals surface area contributed by atoms with Gasteiger partial charge in [-0.2, -0.15) is 0 Å². The van der Waals surface area contributed by atoms with Gasteiger partial charge in [-0.3, -0.25) is 4.79 Å². The Morgan fingerprint density at radius 3 is 2.44 bits per heavy atom. The Morgan fingerprint density at radius 1 is 1.16 bits per heavy atom. The predicted octanol–water partition coefficient (Wildman–Crippen LogP) is 3.63. The zero-order valence-electron chi connectivity index (χ0n) is 18.5. The molecule has 0 atom stereocenters. The number of rotatable bonds is 6. The molecule has 1 heterocycles. The minimum atomic E-state index is -3.76. The van der Waals surface area contributed by atoms with Crippen molar-refractivity contribution in [1.82, 2.24) is 4.31 Å². The molecule has 0 aliphatic carbocycles. The SMILES string of the molecule is CN1/C(=C/C(=O)COC(=O)c2cc(S(=O)(=O)N(C)C)ccc2Cl)C(C)(C)c2ccccc21. The number of carbonyl (C=O) groups is 2. The fourth-order valence-corrected chi connectivity index (χ4v) is 4.82. The van der Waals surface area contributed by atoms with Crippen molar-refractivity contribution >= 4 is 39.1 Å². The Labute approximate surface area is 193 Å². The number of ketones is 1. The highest BCUT2D eigenvalue weighted by Gasteiger charge is 2.38. The molecule has 0 amide bonds. The number of allylic oxidation sites excluding steroid dienone is 1. The third-order valence-corrected chi connectivity index (χ3v) is 7.66. The van der Waals surface area contributed by atoms with Gasteiger partial charge in [-0.1, -0.05) is 43.6 Å². The van der Waals surface area contributed by atoms with Crippen LogP contribution in [0, 0.1) is 0 Å². The highest BCUT2D eigenvalue weighted by molar-refractivity contribution is 7.89. The molecule has 2 aromatic carbocycles. The maximum Gasteiger partial charge on any atom is 0.340 e. The molecule has 0 spiro atoms. The lowest BCUT2D eigenvalue weighted by atomic mass is 9.83. The van der Waals surface area contributed by atoms with Gasteiger partial charge < -0.3 is 9.64 Å². The topological polar surface area (TPSA) is 84.0 Å². The van der Waals surface area contributed by atoms with Crippen molar-refractivity contribution < 1.29 is 22.7 Å². The molecule has 32 heavy (non-hydrogen) atoms. The third-order valence-electron chi connectivity index (χ3n) is 5.52. The smallest absolute Gasteiger partial charge is 0.340 e. The summed E-state index contributed by atoms with van der Waals surface area (Å²) in [5.74, 6) is -1.27. The molecule has 0 saturated carbocycles. The molecule has 0 N–H and O–H groups in total. The number of ether oxygens (including phenoxy) is 1. The number of halogens is 1. The Bertz CT molecular complexity index is 1220. The summed E-state index contributed by atoms with van der Waals surface area (Å²) < 4.78 is 30.8. The zero-order valence-corrected chi connectivity index (χ0v) is 20.1. The summed E-state index contributed by atoms with van der Waals surface area (Å²) in [6, 6.07) is 11.7. The summed E-state index contributed by atoms with van der Waals surface area (Å²) in [4.78, 5) is 27.0. The minimum Gasteiger partial charge on any atom is -0.454 e. The molecule has 2 aromatic rings. The molecule has 0 bridgehead atoms. The number of likely N-dealkylation sites (N-methyl/N-ethyl adjacent to an activating group) is 1. The van der Waals surface area contributed by atoms with E-state index in [4.69, 9.17) is 16.3 Å². The first kappa shape index (κ1) is 24.0. The lowest BCUT2D eigenvalue weighted by molar-refractivity contribution is -0.117. The van der Waals surface area contributed by atoms with Crippen LogP contribution < -0.4 is 4.90 Å². The average Bonchev–Trinajstić information content (AvgIpc) is 2.93. The van der Waals surface area contributed by atoms with Gasteiger partial charge in [-0.05, 0) is 29.8 Å². The van der Waals surface area contributed by atoms with Gasteiger partial charge in [-0.15, -0.1) is 0 Å². The van der Waals surface area contributed by atoms with Gasteiger partial charge in [0.05, 0.1) is 15.5 Å². The third kappa shape index (κ3) is 4.30. The fourth-order valence-electron chi connectivity index (χ4n) is 3.70. The van der Waals surface area contributed by atoms with Crippen LogP contribution in [-0.4, -0.2) is 52.2 Å². The van der Waals surface area contributed by atoms with E-state index >= 15 is 0 Å². The monoisotopic (exact) mass is 476 g/mol. The molecular formula is C23H25ClN2O5S. The summed E-state index contributed by atoms with van der Waals surface area (Å²) in [6.45, 7) is 3.55. The maximum atomic E-state index is 12.6. The summed E-state index contributed by atoms with van der Waals surface area (Å²) in [7, 11) is 0.893. The van der Waals surface area contributed by atoms with Crippen LogP contribution in [-0.2, 0) is 25.0 Å². The maximum absolute atomic E-state index is 12.6. The number of hydrogen-bond donors (Lipinski definition) is 0. The molecule has 170 valence electrons. The number of carbonyl (C=O) groups excluding carboxylic acids is 2. The Balaban J connectivity index is 1.77. The van der Waals surface area contributed by atoms with E-state index in [-0.39, 0.29) is 20.9 Å². The molecule has 1 aliphatic rings. The van der Waals surface area contributed by atoms with Crippen molar-refractivity contribution in [3.63, 3.8) is 0 Å². The summed E-state index contributed by atoms with van der Waals surface area (Å²) in [6.07, 6.45) is 1.47. The van der Waals surface area contributed by atoms with Crippen molar-refractivity contribution in [2.75, 3.05) is 32.6 Å². The lowest BCUT2D eigenvalue weighted by Crippen LogP contribution is -2.25. The van der Waals surface area contributed by atoms with Crippen molar-refractivity contribution in [1.29, 1.82) is 0 Å². The lowest BCUT2D eigenvalue weighted by Gasteiger charge is -2.23. The van der Waals surface area contributed by atoms with Gasteiger partial charge in [0.1, 0.15) is 0 Å². The largest absolute Gasteiger partial charge is 0.454 e. The van der Waals surface area contributed by atoms with Crippen LogP contribution in [0.2, 0.25) is 5.02 Å². The van der Waals surface area contributed by atoms with E-state index in [1.54, 1.807) is 0 Å². The predicted molar refractivity (Wildman–Crippen MR) is 124 cm³/mol. The van der Waals surface area contributed by atoms with Crippen LogP contribution in [0.1, 0.15) is 29.8 Å². The second-order valence-electron chi connectivity index (χ2n) is 8.20. The van der Waals surface area contributed by atoms with Crippen LogP contribution in [0.4, 0.5) is 5.69 Å². The molecule has 0 unspecified atom stereocenters. The first-order chi connectivity index (χ1) is 14.9. The second-order valence-corrected chi connectivity index (χ2v) is 10.8. The molecule has 1 aliphatic heterocycles. The summed E-state index contributed by atoms with van der Waals surface area (Å²) in [5, 5.41) is 0.0330. The summed E-state index contributed by atoms with van der Waals surface area (Å²) in [5.41, 5.74) is 2.39. The van der Waals surface area contributed by atoms with E-state index in [9.17, 15) is 18.0 Å². The number of anilines is 1. The van der Waals surface area contributed by atoms with Crippen LogP contribution in [0.3, 0.4) is 0 Å². The van der Waals surface area contributed by atoms with Crippen LogP contribution >= 0.6 is 11.6 Å². The average molecular weight is 477 g/mol. The molecule has 3 rings (SSSR count). The first-order valence-corrected chi connectivity index (χ1v) is 11.7. The number of esters is 1. The number of sulfonamides is 1. The normalized spacial score (nSPS) is 16.3. The van der Waals surface area contributed by atoms with Gasteiger partial charge in [0.15, 0.2) is 12.4 Å². The quantitative estimate of drug-likeness (QED) is 0.467. The van der Waals surface area contributed by atoms with E-state index in [1.807, 2.05) is 50.1 Å². The van der Waals surface area contributed by atoms with Gasteiger partial charge in [0, 0.05) is 44.0 Å². The van der Waals surface area contributed by atoms with E-state index in [0.717, 1.165) is 27.3 Å². The standard InChI is InChI=1S/C23H25ClN2O5S/c1-23(2)18-8-6-7-9-20(18)26(5)21(23)12-15(27)14-31-22(28)17-13-16(10-11-19(17)24)32(29,30)25(3)4/h6-13H,14H2,1-5H3/b21-12+. The zero-order chi connectivity index (χ0) is 23.8. The van der Waals surface area contributed by atoms with Crippen molar-refractivity contribution in [3.05, 3.63) is 70.4 Å².